The minimum Gasteiger partial charge on any atom is -0.381 e. The Balaban J connectivity index is 0.000000162. The van der Waals surface area contributed by atoms with Crippen LogP contribution in [0.25, 0.3) is 0 Å². The van der Waals surface area contributed by atoms with Gasteiger partial charge in [-0.15, -0.1) is 11.3 Å². The van der Waals surface area contributed by atoms with Crippen molar-refractivity contribution in [1.82, 2.24) is 0 Å². The quantitative estimate of drug-likeness (QED) is 0.739. The van der Waals surface area contributed by atoms with E-state index in [1.807, 2.05) is 11.3 Å². The molecule has 86 valence electrons. The second-order valence-corrected chi connectivity index (χ2v) is 4.80. The number of thiophene rings is 1. The van der Waals surface area contributed by atoms with Crippen LogP contribution in [0.4, 0.5) is 0 Å². The lowest BCUT2D eigenvalue weighted by Crippen LogP contribution is -2.03. The van der Waals surface area contributed by atoms with Crippen LogP contribution in [0, 0.1) is 0 Å². The molecule has 0 bridgehead atoms. The Labute approximate surface area is 97.5 Å². The second kappa shape index (κ2) is 7.89. The van der Waals surface area contributed by atoms with E-state index in [0.717, 1.165) is 13.2 Å². The highest BCUT2D eigenvalue weighted by Crippen LogP contribution is 2.14. The Morgan fingerprint density at radius 3 is 2.13 bits per heavy atom. The highest BCUT2D eigenvalue weighted by molar-refractivity contribution is 7.10. The summed E-state index contributed by atoms with van der Waals surface area (Å²) in [6, 6.07) is 2.30. The molecule has 1 aromatic rings. The predicted octanol–water partition coefficient (Wildman–Crippen LogP) is 4.06. The fourth-order valence-corrected chi connectivity index (χ4v) is 2.41. The number of hydrogen-bond acceptors (Lipinski definition) is 2. The van der Waals surface area contributed by atoms with Gasteiger partial charge in [0, 0.05) is 18.1 Å². The molecule has 15 heavy (non-hydrogen) atoms. The van der Waals surface area contributed by atoms with Crippen LogP contribution in [-0.2, 0) is 17.6 Å². The molecule has 0 atom stereocenters. The molecule has 2 heteroatoms. The lowest BCUT2D eigenvalue weighted by Gasteiger charge is -2.08. The van der Waals surface area contributed by atoms with Crippen molar-refractivity contribution >= 4 is 11.3 Å². The Hall–Kier alpha value is -0.340. The van der Waals surface area contributed by atoms with Crippen LogP contribution < -0.4 is 0 Å². The first-order valence-electron chi connectivity index (χ1n) is 6.00. The van der Waals surface area contributed by atoms with E-state index in [0.29, 0.717) is 0 Å². The van der Waals surface area contributed by atoms with Crippen molar-refractivity contribution in [3.8, 4) is 0 Å². The van der Waals surface area contributed by atoms with E-state index in [2.05, 4.69) is 25.3 Å². The molecular weight excluding hydrogens is 204 g/mol. The number of rotatable bonds is 2. The zero-order valence-electron chi connectivity index (χ0n) is 9.92. The smallest absolute Gasteiger partial charge is 0.0466 e. The molecule has 0 aromatic carbocycles. The SMILES string of the molecule is C1CCOCC1.CCc1csc(CC)c1. The molecule has 1 aliphatic rings. The summed E-state index contributed by atoms with van der Waals surface area (Å²) in [5.41, 5.74) is 1.48. The van der Waals surface area contributed by atoms with Crippen molar-refractivity contribution in [2.75, 3.05) is 13.2 Å². The molecule has 1 aromatic heterocycles. The zero-order valence-corrected chi connectivity index (χ0v) is 10.7. The van der Waals surface area contributed by atoms with Gasteiger partial charge in [0.2, 0.25) is 0 Å². The Bertz CT molecular complexity index is 221. The summed E-state index contributed by atoms with van der Waals surface area (Å²) in [6.45, 7) is 6.40. The number of hydrogen-bond donors (Lipinski definition) is 0. The molecule has 1 fully saturated rings. The van der Waals surface area contributed by atoms with E-state index in [1.165, 1.54) is 42.5 Å². The third-order valence-corrected chi connectivity index (χ3v) is 3.67. The maximum Gasteiger partial charge on any atom is 0.0466 e. The standard InChI is InChI=1S/C8H12S.C5H10O/c1-3-7-5-8(4-2)9-6-7;1-2-4-6-5-3-1/h5-6H,3-4H2,1-2H3;1-5H2. The summed E-state index contributed by atoms with van der Waals surface area (Å²) in [7, 11) is 0. The van der Waals surface area contributed by atoms with E-state index in [1.54, 1.807) is 0 Å². The van der Waals surface area contributed by atoms with E-state index < -0.39 is 0 Å². The molecule has 1 aliphatic heterocycles. The largest absolute Gasteiger partial charge is 0.381 e. The topological polar surface area (TPSA) is 9.23 Å². The molecule has 0 saturated carbocycles. The van der Waals surface area contributed by atoms with E-state index in [9.17, 15) is 0 Å². The summed E-state index contributed by atoms with van der Waals surface area (Å²) in [6.07, 6.45) is 6.29. The van der Waals surface area contributed by atoms with Gasteiger partial charge in [-0.2, -0.15) is 0 Å². The van der Waals surface area contributed by atoms with Crippen molar-refractivity contribution in [3.63, 3.8) is 0 Å². The third kappa shape index (κ3) is 5.33. The molecule has 0 amide bonds. The van der Waals surface area contributed by atoms with Crippen molar-refractivity contribution in [2.24, 2.45) is 0 Å². The average Bonchev–Trinajstić information content (AvgIpc) is 2.80. The van der Waals surface area contributed by atoms with Gasteiger partial charge in [-0.3, -0.25) is 0 Å². The highest BCUT2D eigenvalue weighted by Gasteiger charge is 1.95. The maximum atomic E-state index is 5.07. The molecule has 0 unspecified atom stereocenters. The van der Waals surface area contributed by atoms with Crippen LogP contribution in [0.3, 0.4) is 0 Å². The fourth-order valence-electron chi connectivity index (χ4n) is 1.48. The number of aryl methyl sites for hydroxylation is 2. The van der Waals surface area contributed by atoms with Crippen molar-refractivity contribution in [3.05, 3.63) is 21.9 Å². The van der Waals surface area contributed by atoms with Gasteiger partial charge in [-0.05, 0) is 49.1 Å². The van der Waals surface area contributed by atoms with Gasteiger partial charge < -0.3 is 4.74 Å². The van der Waals surface area contributed by atoms with Gasteiger partial charge in [-0.1, -0.05) is 13.8 Å². The van der Waals surface area contributed by atoms with Gasteiger partial charge in [0.05, 0.1) is 0 Å². The summed E-state index contributed by atoms with van der Waals surface area (Å²) < 4.78 is 5.07. The molecule has 0 aliphatic carbocycles. The zero-order chi connectivity index (χ0) is 10.9. The van der Waals surface area contributed by atoms with Gasteiger partial charge >= 0.3 is 0 Å². The van der Waals surface area contributed by atoms with E-state index in [4.69, 9.17) is 4.74 Å². The molecule has 0 spiro atoms. The van der Waals surface area contributed by atoms with Crippen molar-refractivity contribution in [1.29, 1.82) is 0 Å². The van der Waals surface area contributed by atoms with Gasteiger partial charge in [0.25, 0.3) is 0 Å². The molecule has 2 rings (SSSR count). The van der Waals surface area contributed by atoms with Crippen LogP contribution in [0.1, 0.15) is 43.6 Å². The summed E-state index contributed by atoms with van der Waals surface area (Å²) in [4.78, 5) is 1.51. The normalized spacial score (nSPS) is 15.6. The van der Waals surface area contributed by atoms with Gasteiger partial charge in [-0.25, -0.2) is 0 Å². The molecule has 2 heterocycles. The Morgan fingerprint density at radius 2 is 1.87 bits per heavy atom. The lowest BCUT2D eigenvalue weighted by atomic mass is 10.2. The third-order valence-electron chi connectivity index (χ3n) is 2.54. The van der Waals surface area contributed by atoms with E-state index >= 15 is 0 Å². The van der Waals surface area contributed by atoms with Crippen LogP contribution in [0.15, 0.2) is 11.4 Å². The molecular formula is C13H22OS. The minimum absolute atomic E-state index is 1.00. The fraction of sp³-hybridized carbons (Fsp3) is 0.692. The Kier molecular flexibility index (Phi) is 6.69. The van der Waals surface area contributed by atoms with Gasteiger partial charge in [0.15, 0.2) is 0 Å². The lowest BCUT2D eigenvalue weighted by molar-refractivity contribution is 0.0968. The molecule has 1 nitrogen and oxygen atoms in total. The van der Waals surface area contributed by atoms with Crippen LogP contribution in [0.5, 0.6) is 0 Å². The average molecular weight is 226 g/mol. The molecule has 0 radical (unpaired) electrons. The maximum absolute atomic E-state index is 5.07. The second-order valence-electron chi connectivity index (χ2n) is 3.80. The van der Waals surface area contributed by atoms with Crippen LogP contribution >= 0.6 is 11.3 Å². The highest BCUT2D eigenvalue weighted by atomic mass is 32.1. The predicted molar refractivity (Wildman–Crippen MR) is 67.7 cm³/mol. The first kappa shape index (κ1) is 12.7. The van der Waals surface area contributed by atoms with Gasteiger partial charge in [0.1, 0.15) is 0 Å². The molecule has 1 saturated heterocycles. The monoisotopic (exact) mass is 226 g/mol. The van der Waals surface area contributed by atoms with Crippen LogP contribution in [-0.4, -0.2) is 13.2 Å². The minimum atomic E-state index is 1.00. The van der Waals surface area contributed by atoms with Crippen molar-refractivity contribution < 1.29 is 4.74 Å². The summed E-state index contributed by atoms with van der Waals surface area (Å²) >= 11 is 1.87. The molecule has 0 N–H and O–H groups in total. The van der Waals surface area contributed by atoms with Crippen molar-refractivity contribution in [2.45, 2.75) is 46.0 Å². The first-order valence-corrected chi connectivity index (χ1v) is 6.88. The number of ether oxygens (including phenoxy) is 1. The summed E-state index contributed by atoms with van der Waals surface area (Å²) in [5.74, 6) is 0. The Morgan fingerprint density at radius 1 is 1.13 bits per heavy atom. The van der Waals surface area contributed by atoms with E-state index in [-0.39, 0.29) is 0 Å². The van der Waals surface area contributed by atoms with Crippen LogP contribution in [0.2, 0.25) is 0 Å². The summed E-state index contributed by atoms with van der Waals surface area (Å²) in [5, 5.41) is 2.25. The first-order chi connectivity index (χ1) is 7.36.